The average Bonchev–Trinajstić information content (AvgIpc) is 2.72. The fourth-order valence-electron chi connectivity index (χ4n) is 1.21. The van der Waals surface area contributed by atoms with Crippen LogP contribution in [0.5, 0.6) is 0 Å². The van der Waals surface area contributed by atoms with Crippen molar-refractivity contribution in [3.63, 3.8) is 0 Å². The molecule has 0 atom stereocenters. The van der Waals surface area contributed by atoms with E-state index >= 15 is 0 Å². The monoisotopic (exact) mass is 282 g/mol. The van der Waals surface area contributed by atoms with Gasteiger partial charge in [-0.25, -0.2) is 0 Å². The Bertz CT molecular complexity index is 454. The number of halogens is 1. The summed E-state index contributed by atoms with van der Waals surface area (Å²) in [6.45, 7) is 3.76. The number of Topliss-reactive ketones (excluding diaryl/α,β-unsaturated/α-hetero) is 1. The van der Waals surface area contributed by atoms with Gasteiger partial charge < -0.3 is 4.42 Å². The summed E-state index contributed by atoms with van der Waals surface area (Å²) in [5.74, 6) is 0.343. The lowest BCUT2D eigenvalue weighted by atomic mass is 10.2. The Hall–Kier alpha value is -1.09. The van der Waals surface area contributed by atoms with Crippen molar-refractivity contribution in [3.8, 4) is 0 Å². The molecule has 0 aliphatic rings. The minimum Gasteiger partial charge on any atom is -0.456 e. The molecule has 0 aliphatic heterocycles. The summed E-state index contributed by atoms with van der Waals surface area (Å²) in [4.78, 5) is 10.2. The molecule has 0 saturated heterocycles. The highest BCUT2D eigenvalue weighted by Crippen LogP contribution is 2.24. The maximum absolute atomic E-state index is 10.2. The van der Waals surface area contributed by atoms with Gasteiger partial charge in [-0.15, -0.1) is 0 Å². The topological polar surface area (TPSA) is 30.2 Å². The van der Waals surface area contributed by atoms with Crippen molar-refractivity contribution in [2.75, 3.05) is 0 Å². The Morgan fingerprint density at radius 2 is 1.88 bits per heavy atom. The van der Waals surface area contributed by atoms with E-state index in [0.29, 0.717) is 18.6 Å². The van der Waals surface area contributed by atoms with Crippen molar-refractivity contribution < 1.29 is 9.21 Å². The predicted octanol–water partition coefficient (Wildman–Crippen LogP) is 4.57. The summed E-state index contributed by atoms with van der Waals surface area (Å²) in [5, 5.41) is 2.26. The molecule has 0 saturated carbocycles. The Morgan fingerprint density at radius 1 is 1.25 bits per heavy atom. The standard InChI is InChI=1S/C8H5BrO.C5H10O/c9-8-7-4-2-1-3-6(7)5-10-8;1-3-5(6)4-2/h1-5H;3-4H2,1-2H3. The molecule has 86 valence electrons. The lowest BCUT2D eigenvalue weighted by Gasteiger charge is -1.83. The highest BCUT2D eigenvalue weighted by Gasteiger charge is 1.98. The van der Waals surface area contributed by atoms with Crippen LogP contribution in [0.3, 0.4) is 0 Å². The zero-order valence-corrected chi connectivity index (χ0v) is 11.1. The number of carbonyl (C=O) groups is 1. The maximum atomic E-state index is 10.2. The molecule has 2 nitrogen and oxygen atoms in total. The highest BCUT2D eigenvalue weighted by molar-refractivity contribution is 9.10. The third kappa shape index (κ3) is 3.49. The van der Waals surface area contributed by atoms with Crippen molar-refractivity contribution in [1.82, 2.24) is 0 Å². The lowest BCUT2D eigenvalue weighted by molar-refractivity contribution is -0.118. The second-order valence-corrected chi connectivity index (χ2v) is 4.06. The summed E-state index contributed by atoms with van der Waals surface area (Å²) in [7, 11) is 0. The molecule has 1 aromatic heterocycles. The summed E-state index contributed by atoms with van der Waals surface area (Å²) >= 11 is 3.30. The van der Waals surface area contributed by atoms with Gasteiger partial charge in [0.05, 0.1) is 6.26 Å². The molecule has 0 aliphatic carbocycles. The van der Waals surface area contributed by atoms with Gasteiger partial charge in [0.1, 0.15) is 5.78 Å². The number of hydrogen-bond acceptors (Lipinski definition) is 2. The predicted molar refractivity (Wildman–Crippen MR) is 69.5 cm³/mol. The first-order valence-electron chi connectivity index (χ1n) is 5.32. The molecular weight excluding hydrogens is 268 g/mol. The molecule has 1 aromatic carbocycles. The number of fused-ring (bicyclic) bond motifs is 1. The zero-order chi connectivity index (χ0) is 12.0. The van der Waals surface area contributed by atoms with Gasteiger partial charge in [-0.1, -0.05) is 32.0 Å². The first-order chi connectivity index (χ1) is 7.69. The molecule has 0 bridgehead atoms. The SMILES string of the molecule is Brc1occ2ccccc12.CCC(=O)CC. The van der Waals surface area contributed by atoms with Crippen LogP contribution in [0.4, 0.5) is 0 Å². The van der Waals surface area contributed by atoms with Crippen LogP contribution in [0.15, 0.2) is 39.6 Å². The Labute approximate surface area is 104 Å². The van der Waals surface area contributed by atoms with E-state index in [0.717, 1.165) is 15.4 Å². The van der Waals surface area contributed by atoms with E-state index in [-0.39, 0.29) is 0 Å². The van der Waals surface area contributed by atoms with Crippen LogP contribution < -0.4 is 0 Å². The number of furan rings is 1. The molecule has 1 heterocycles. The smallest absolute Gasteiger partial charge is 0.176 e. The maximum Gasteiger partial charge on any atom is 0.176 e. The molecular formula is C13H15BrO2. The summed E-state index contributed by atoms with van der Waals surface area (Å²) in [5.41, 5.74) is 0. The second-order valence-electron chi connectivity index (χ2n) is 3.34. The van der Waals surface area contributed by atoms with E-state index in [1.54, 1.807) is 6.26 Å². The summed E-state index contributed by atoms with van der Waals surface area (Å²) in [6.07, 6.45) is 3.12. The van der Waals surface area contributed by atoms with Gasteiger partial charge in [0.15, 0.2) is 4.67 Å². The molecule has 2 rings (SSSR count). The van der Waals surface area contributed by atoms with E-state index in [1.165, 1.54) is 0 Å². The fraction of sp³-hybridized carbons (Fsp3) is 0.308. The Morgan fingerprint density at radius 3 is 2.38 bits per heavy atom. The second kappa shape index (κ2) is 6.48. The first kappa shape index (κ1) is 13.0. The van der Waals surface area contributed by atoms with Crippen LogP contribution in [-0.4, -0.2) is 5.78 Å². The van der Waals surface area contributed by atoms with E-state index < -0.39 is 0 Å². The van der Waals surface area contributed by atoms with Crippen molar-refractivity contribution in [3.05, 3.63) is 35.2 Å². The van der Waals surface area contributed by atoms with Crippen molar-refractivity contribution >= 4 is 32.5 Å². The fourth-order valence-corrected chi connectivity index (χ4v) is 1.66. The van der Waals surface area contributed by atoms with Crippen LogP contribution >= 0.6 is 15.9 Å². The van der Waals surface area contributed by atoms with Crippen molar-refractivity contribution in [2.24, 2.45) is 0 Å². The molecule has 0 spiro atoms. The van der Waals surface area contributed by atoms with Crippen LogP contribution in [0, 0.1) is 0 Å². The minimum atomic E-state index is 0.343. The third-order valence-electron chi connectivity index (χ3n) is 2.25. The van der Waals surface area contributed by atoms with E-state index in [1.807, 2.05) is 38.1 Å². The molecule has 0 fully saturated rings. The van der Waals surface area contributed by atoms with E-state index in [4.69, 9.17) is 4.42 Å². The quantitative estimate of drug-likeness (QED) is 0.808. The molecule has 0 amide bonds. The van der Waals surface area contributed by atoms with E-state index in [9.17, 15) is 4.79 Å². The van der Waals surface area contributed by atoms with Gasteiger partial charge in [0.2, 0.25) is 0 Å². The zero-order valence-electron chi connectivity index (χ0n) is 9.50. The number of carbonyl (C=O) groups excluding carboxylic acids is 1. The van der Waals surface area contributed by atoms with Crippen LogP contribution in [0.1, 0.15) is 26.7 Å². The largest absolute Gasteiger partial charge is 0.456 e. The molecule has 16 heavy (non-hydrogen) atoms. The van der Waals surface area contributed by atoms with Crippen LogP contribution in [0.25, 0.3) is 10.8 Å². The molecule has 0 unspecified atom stereocenters. The molecule has 3 heteroatoms. The highest BCUT2D eigenvalue weighted by atomic mass is 79.9. The number of benzene rings is 1. The van der Waals surface area contributed by atoms with Gasteiger partial charge >= 0.3 is 0 Å². The molecule has 2 aromatic rings. The van der Waals surface area contributed by atoms with Gasteiger partial charge in [0, 0.05) is 23.6 Å². The van der Waals surface area contributed by atoms with Crippen molar-refractivity contribution in [1.29, 1.82) is 0 Å². The van der Waals surface area contributed by atoms with Crippen molar-refractivity contribution in [2.45, 2.75) is 26.7 Å². The molecule has 0 N–H and O–H groups in total. The van der Waals surface area contributed by atoms with Gasteiger partial charge in [-0.3, -0.25) is 4.79 Å². The van der Waals surface area contributed by atoms with E-state index in [2.05, 4.69) is 15.9 Å². The van der Waals surface area contributed by atoms with Gasteiger partial charge in [-0.05, 0) is 22.0 Å². The number of hydrogen-bond donors (Lipinski definition) is 0. The number of ketones is 1. The Kier molecular flexibility index (Phi) is 5.26. The molecule has 0 radical (unpaired) electrons. The summed E-state index contributed by atoms with van der Waals surface area (Å²) in [6, 6.07) is 8.01. The van der Waals surface area contributed by atoms with Crippen LogP contribution in [0.2, 0.25) is 0 Å². The third-order valence-corrected chi connectivity index (χ3v) is 2.86. The average molecular weight is 283 g/mol. The van der Waals surface area contributed by atoms with Gasteiger partial charge in [0.25, 0.3) is 0 Å². The summed E-state index contributed by atoms with van der Waals surface area (Å²) < 4.78 is 5.94. The first-order valence-corrected chi connectivity index (χ1v) is 6.11. The van der Waals surface area contributed by atoms with Crippen LogP contribution in [-0.2, 0) is 4.79 Å². The normalized spacial score (nSPS) is 9.69. The Balaban J connectivity index is 0.000000187. The lowest BCUT2D eigenvalue weighted by Crippen LogP contribution is -1.88. The minimum absolute atomic E-state index is 0.343. The van der Waals surface area contributed by atoms with Gasteiger partial charge in [-0.2, -0.15) is 0 Å². The number of rotatable bonds is 2.